The van der Waals surface area contributed by atoms with Crippen molar-refractivity contribution in [3.63, 3.8) is 0 Å². The van der Waals surface area contributed by atoms with Crippen molar-refractivity contribution in [1.29, 1.82) is 0 Å². The number of hydrogen-bond acceptors (Lipinski definition) is 0. The Morgan fingerprint density at radius 1 is 0.870 bits per heavy atom. The summed E-state index contributed by atoms with van der Waals surface area (Å²) in [4.78, 5) is 0. The van der Waals surface area contributed by atoms with E-state index in [1.807, 2.05) is 0 Å². The van der Waals surface area contributed by atoms with E-state index in [1.165, 1.54) is 39.0 Å². The summed E-state index contributed by atoms with van der Waals surface area (Å²) in [6, 6.07) is 15.8. The van der Waals surface area contributed by atoms with Gasteiger partial charge in [0.1, 0.15) is 0 Å². The Bertz CT molecular complexity index is 818. The first-order valence-electron chi connectivity index (χ1n) is 7.47. The van der Waals surface area contributed by atoms with Gasteiger partial charge >= 0.3 is 142 Å². The van der Waals surface area contributed by atoms with Crippen molar-refractivity contribution >= 4 is 5.57 Å². The van der Waals surface area contributed by atoms with Gasteiger partial charge in [0, 0.05) is 0 Å². The van der Waals surface area contributed by atoms with Crippen molar-refractivity contribution in [3.8, 4) is 11.1 Å². The summed E-state index contributed by atoms with van der Waals surface area (Å²) in [5.74, 6) is 0. The molecule has 2 aromatic rings. The van der Waals surface area contributed by atoms with Crippen molar-refractivity contribution in [2.75, 3.05) is 0 Å². The average Bonchev–Trinajstić information content (AvgIpc) is 2.99. The quantitative estimate of drug-likeness (QED) is 0.581. The summed E-state index contributed by atoms with van der Waals surface area (Å²) in [5.41, 5.74) is 11.9. The van der Waals surface area contributed by atoms with Gasteiger partial charge in [0.05, 0.1) is 0 Å². The minimum Gasteiger partial charge on any atom is -1.00 e. The molecule has 0 bridgehead atoms. The molecule has 0 N–H and O–H groups in total. The van der Waals surface area contributed by atoms with Gasteiger partial charge in [0.2, 0.25) is 0 Å². The van der Waals surface area contributed by atoms with Crippen LogP contribution in [0.15, 0.2) is 59.7 Å². The number of rotatable bonds is 1. The summed E-state index contributed by atoms with van der Waals surface area (Å²) in [6.45, 7) is 4.49. The molecular formula is C20H17Cl2Zr. The topological polar surface area (TPSA) is 0 Å². The predicted molar refractivity (Wildman–Crippen MR) is 84.7 cm³/mol. The fraction of sp³-hybridized carbons (Fsp3) is 0.200. The zero-order valence-electron chi connectivity index (χ0n) is 13.2. The Hall–Kier alpha value is -0.617. The van der Waals surface area contributed by atoms with Crippen LogP contribution in [0.4, 0.5) is 0 Å². The molecule has 4 rings (SSSR count). The van der Waals surface area contributed by atoms with Gasteiger partial charge in [0.25, 0.3) is 0 Å². The van der Waals surface area contributed by atoms with Gasteiger partial charge < -0.3 is 24.8 Å². The minimum atomic E-state index is 0. The van der Waals surface area contributed by atoms with E-state index in [0.717, 1.165) is 6.42 Å². The molecule has 2 aliphatic rings. The first kappa shape index (κ1) is 18.7. The summed E-state index contributed by atoms with van der Waals surface area (Å²) >= 11 is 1.59. The zero-order valence-corrected chi connectivity index (χ0v) is 17.1. The third-order valence-electron chi connectivity index (χ3n) is 4.82. The molecule has 0 heterocycles. The van der Waals surface area contributed by atoms with Gasteiger partial charge in [-0.05, 0) is 0 Å². The molecule has 0 saturated heterocycles. The van der Waals surface area contributed by atoms with Crippen molar-refractivity contribution in [3.05, 3.63) is 76.4 Å². The Morgan fingerprint density at radius 3 is 2.22 bits per heavy atom. The van der Waals surface area contributed by atoms with Crippen LogP contribution in [0.2, 0.25) is 0 Å². The molecule has 0 aromatic heterocycles. The van der Waals surface area contributed by atoms with E-state index >= 15 is 0 Å². The molecule has 3 heteroatoms. The van der Waals surface area contributed by atoms with E-state index in [9.17, 15) is 0 Å². The molecule has 2 aromatic carbocycles. The minimum absolute atomic E-state index is 0. The van der Waals surface area contributed by atoms with Crippen LogP contribution in [0.5, 0.6) is 0 Å². The molecule has 0 nitrogen and oxygen atoms in total. The largest absolute Gasteiger partial charge is 1.00 e. The summed E-state index contributed by atoms with van der Waals surface area (Å²) < 4.78 is 0.585. The maximum Gasteiger partial charge on any atom is -1.00 e. The van der Waals surface area contributed by atoms with Crippen molar-refractivity contribution in [2.24, 2.45) is 0 Å². The first-order valence-corrected chi connectivity index (χ1v) is 8.89. The summed E-state index contributed by atoms with van der Waals surface area (Å²) in [6.07, 6.45) is 3.50. The fourth-order valence-corrected chi connectivity index (χ4v) is 4.96. The van der Waals surface area contributed by atoms with E-state index in [-0.39, 0.29) is 24.8 Å². The molecule has 0 radical (unpaired) electrons. The monoisotopic (exact) mass is 417 g/mol. The number of halogens is 2. The van der Waals surface area contributed by atoms with Crippen molar-refractivity contribution in [1.82, 2.24) is 0 Å². The fourth-order valence-electron chi connectivity index (χ4n) is 3.57. The second-order valence-corrected chi connectivity index (χ2v) is 7.52. The van der Waals surface area contributed by atoms with Gasteiger partial charge in [0.15, 0.2) is 0 Å². The van der Waals surface area contributed by atoms with E-state index in [4.69, 9.17) is 0 Å². The average molecular weight is 419 g/mol. The molecular weight excluding hydrogens is 402 g/mol. The van der Waals surface area contributed by atoms with Gasteiger partial charge in [-0.1, -0.05) is 0 Å². The maximum absolute atomic E-state index is 2.39. The van der Waals surface area contributed by atoms with Crippen LogP contribution >= 0.6 is 0 Å². The normalized spacial score (nSPS) is 17.9. The van der Waals surface area contributed by atoms with Crippen LogP contribution in [0, 0.1) is 0 Å². The Labute approximate surface area is 165 Å². The molecule has 1 unspecified atom stereocenters. The third kappa shape index (κ3) is 2.93. The summed E-state index contributed by atoms with van der Waals surface area (Å²) in [5, 5.41) is 0. The Kier molecular flexibility index (Phi) is 5.77. The van der Waals surface area contributed by atoms with Crippen molar-refractivity contribution < 1.29 is 49.5 Å². The number of benzene rings is 2. The molecule has 1 atom stereocenters. The number of allylic oxidation sites excluding steroid dienone is 4. The van der Waals surface area contributed by atoms with Gasteiger partial charge in [-0.2, -0.15) is 0 Å². The Morgan fingerprint density at radius 2 is 1.52 bits per heavy atom. The molecule has 0 aliphatic heterocycles. The van der Waals surface area contributed by atoms with E-state index < -0.39 is 0 Å². The molecule has 23 heavy (non-hydrogen) atoms. The van der Waals surface area contributed by atoms with E-state index in [1.54, 1.807) is 30.3 Å². The molecule has 0 amide bonds. The molecule has 2 aliphatic carbocycles. The second-order valence-electron chi connectivity index (χ2n) is 6.10. The smallest absolute Gasteiger partial charge is 1.00 e. The standard InChI is InChI=1S/C20H17.2ClH.Zr/c1-13-10-16(11-14(13)2)18-8-5-9-19-17-7-4-3-6-15(17)12-20(18)19;;;/h3-10,12H,11H2,1-2H3;2*1H;/q;;;+2/p-2. The summed E-state index contributed by atoms with van der Waals surface area (Å²) in [7, 11) is 0. The third-order valence-corrected chi connectivity index (χ3v) is 6.30. The van der Waals surface area contributed by atoms with Crippen LogP contribution in [0.25, 0.3) is 16.7 Å². The molecule has 115 valence electrons. The van der Waals surface area contributed by atoms with Crippen LogP contribution in [-0.2, 0) is 24.7 Å². The molecule has 0 spiro atoms. The Balaban J connectivity index is 0.000000960. The van der Waals surface area contributed by atoms with E-state index in [0.29, 0.717) is 3.63 Å². The van der Waals surface area contributed by atoms with Crippen LogP contribution in [0.3, 0.4) is 0 Å². The second kappa shape index (κ2) is 7.10. The van der Waals surface area contributed by atoms with E-state index in [2.05, 4.69) is 62.4 Å². The SMILES string of the molecule is CC1=C(C)CC(c2cccc3c2[CH]([Zr+2])c2ccccc2-3)=C1.[Cl-].[Cl-]. The van der Waals surface area contributed by atoms with Gasteiger partial charge in [-0.15, -0.1) is 0 Å². The van der Waals surface area contributed by atoms with Gasteiger partial charge in [-0.25, -0.2) is 0 Å². The first-order chi connectivity index (χ1) is 10.2. The zero-order chi connectivity index (χ0) is 14.6. The van der Waals surface area contributed by atoms with Crippen LogP contribution in [-0.4, -0.2) is 0 Å². The van der Waals surface area contributed by atoms with Crippen LogP contribution in [0.1, 0.15) is 40.6 Å². The number of hydrogen-bond donors (Lipinski definition) is 0. The van der Waals surface area contributed by atoms with Crippen LogP contribution < -0.4 is 24.8 Å². The molecule has 0 saturated carbocycles. The number of fused-ring (bicyclic) bond motifs is 3. The molecule has 0 fully saturated rings. The van der Waals surface area contributed by atoms with Gasteiger partial charge in [-0.3, -0.25) is 0 Å². The van der Waals surface area contributed by atoms with Crippen molar-refractivity contribution in [2.45, 2.75) is 23.9 Å². The maximum atomic E-state index is 2.39. The predicted octanol–water partition coefficient (Wildman–Crippen LogP) is -0.565.